The minimum atomic E-state index is -0.195. The SMILES string of the molecule is CCCc1cc(C)c(CNC(=O)c2cc(-c3ccc(N4CCN(C)CC4)nc3)cc3c2c(C)cn3C(C)C)c(=O)[nH]1. The van der Waals surface area contributed by atoms with Crippen LogP contribution in [0.2, 0.25) is 0 Å². The van der Waals surface area contributed by atoms with Crippen LogP contribution >= 0.6 is 0 Å². The molecule has 8 nitrogen and oxygen atoms in total. The molecular weight excluding hydrogens is 512 g/mol. The first kappa shape index (κ1) is 28.6. The van der Waals surface area contributed by atoms with Gasteiger partial charge in [-0.15, -0.1) is 0 Å². The highest BCUT2D eigenvalue weighted by molar-refractivity contribution is 6.09. The summed E-state index contributed by atoms with van der Waals surface area (Å²) in [7, 11) is 2.15. The Bertz CT molecular complexity index is 1610. The molecule has 0 aliphatic carbocycles. The number of anilines is 1. The van der Waals surface area contributed by atoms with Crippen LogP contribution in [0.3, 0.4) is 0 Å². The molecule has 1 aliphatic rings. The van der Waals surface area contributed by atoms with Crippen molar-refractivity contribution in [2.24, 2.45) is 0 Å². The lowest BCUT2D eigenvalue weighted by Crippen LogP contribution is -2.44. The fourth-order valence-electron chi connectivity index (χ4n) is 5.81. The minimum absolute atomic E-state index is 0.138. The van der Waals surface area contributed by atoms with Gasteiger partial charge >= 0.3 is 0 Å². The molecule has 1 aliphatic heterocycles. The first-order valence-electron chi connectivity index (χ1n) is 14.7. The molecule has 4 heterocycles. The highest BCUT2D eigenvalue weighted by Gasteiger charge is 2.20. The maximum atomic E-state index is 13.8. The van der Waals surface area contributed by atoms with Gasteiger partial charge in [0.05, 0.1) is 0 Å². The molecule has 8 heteroatoms. The fourth-order valence-corrected chi connectivity index (χ4v) is 5.81. The number of likely N-dealkylation sites (N-methyl/N-ethyl adjacent to an activating group) is 1. The van der Waals surface area contributed by atoms with Gasteiger partial charge in [0.2, 0.25) is 0 Å². The summed E-state index contributed by atoms with van der Waals surface area (Å²) in [4.78, 5) is 39.0. The third-order valence-electron chi connectivity index (χ3n) is 8.19. The Morgan fingerprint density at radius 1 is 1.05 bits per heavy atom. The van der Waals surface area contributed by atoms with Crippen LogP contribution in [0.5, 0.6) is 0 Å². The van der Waals surface area contributed by atoms with Crippen molar-refractivity contribution in [3.8, 4) is 11.1 Å². The fraction of sp³-hybridized carbons (Fsp3) is 0.424. The van der Waals surface area contributed by atoms with E-state index in [9.17, 15) is 9.59 Å². The van der Waals surface area contributed by atoms with Crippen molar-refractivity contribution in [1.29, 1.82) is 0 Å². The number of rotatable bonds is 8. The molecule has 0 radical (unpaired) electrons. The highest BCUT2D eigenvalue weighted by Crippen LogP contribution is 2.33. The number of nitrogens with zero attached hydrogens (tertiary/aromatic N) is 4. The van der Waals surface area contributed by atoms with Crippen LogP contribution in [0.25, 0.3) is 22.0 Å². The quantitative estimate of drug-likeness (QED) is 0.312. The number of piperazine rings is 1. The third-order valence-corrected chi connectivity index (χ3v) is 8.19. The highest BCUT2D eigenvalue weighted by atomic mass is 16.1. The molecule has 0 atom stereocenters. The molecule has 5 rings (SSSR count). The number of carbonyl (C=O) groups is 1. The van der Waals surface area contributed by atoms with Crippen LogP contribution in [0.4, 0.5) is 5.82 Å². The first-order valence-corrected chi connectivity index (χ1v) is 14.7. The predicted octanol–water partition coefficient (Wildman–Crippen LogP) is 5.22. The summed E-state index contributed by atoms with van der Waals surface area (Å²) >= 11 is 0. The zero-order valence-corrected chi connectivity index (χ0v) is 25.2. The largest absolute Gasteiger partial charge is 0.354 e. The van der Waals surface area contributed by atoms with E-state index in [2.05, 4.69) is 76.9 Å². The number of aryl methyl sites for hydroxylation is 3. The standard InChI is InChI=1S/C33H42N6O2/c1-7-8-26-15-22(4)28(33(41)36-26)19-35-32(40)27-16-25(17-29-31(27)23(5)20-39(29)21(2)3)24-9-10-30(34-18-24)38-13-11-37(6)12-14-38/h9-10,15-18,20-21H,7-8,11-14,19H2,1-6H3,(H,35,40)(H,36,41). The topological polar surface area (TPSA) is 86.3 Å². The second-order valence-electron chi connectivity index (χ2n) is 11.6. The minimum Gasteiger partial charge on any atom is -0.354 e. The molecule has 0 saturated carbocycles. The Labute approximate surface area is 242 Å². The molecular formula is C33H42N6O2. The number of H-pyrrole nitrogens is 1. The Morgan fingerprint density at radius 3 is 2.44 bits per heavy atom. The first-order chi connectivity index (χ1) is 19.7. The molecule has 1 saturated heterocycles. The molecule has 1 aromatic carbocycles. The molecule has 3 aromatic heterocycles. The lowest BCUT2D eigenvalue weighted by atomic mass is 9.98. The number of hydrogen-bond donors (Lipinski definition) is 2. The summed E-state index contributed by atoms with van der Waals surface area (Å²) in [6, 6.07) is 10.5. The van der Waals surface area contributed by atoms with Gasteiger partial charge in [-0.05, 0) is 88.2 Å². The van der Waals surface area contributed by atoms with E-state index in [0.717, 1.165) is 83.7 Å². The lowest BCUT2D eigenvalue weighted by molar-refractivity contribution is 0.0952. The number of nitrogens with one attached hydrogen (secondary N) is 2. The summed E-state index contributed by atoms with van der Waals surface area (Å²) in [6.45, 7) is 14.5. The molecule has 2 N–H and O–H groups in total. The molecule has 1 amide bonds. The Balaban J connectivity index is 1.48. The van der Waals surface area contributed by atoms with E-state index in [4.69, 9.17) is 4.98 Å². The number of aromatic nitrogens is 3. The van der Waals surface area contributed by atoms with Crippen molar-refractivity contribution in [2.45, 2.75) is 60.0 Å². The van der Waals surface area contributed by atoms with E-state index >= 15 is 0 Å². The molecule has 4 aromatic rings. The van der Waals surface area contributed by atoms with Gasteiger partial charge in [0.25, 0.3) is 11.5 Å². The molecule has 0 bridgehead atoms. The Morgan fingerprint density at radius 2 is 1.80 bits per heavy atom. The average molecular weight is 555 g/mol. The van der Waals surface area contributed by atoms with Crippen LogP contribution in [-0.4, -0.2) is 58.6 Å². The van der Waals surface area contributed by atoms with Crippen molar-refractivity contribution < 1.29 is 4.79 Å². The van der Waals surface area contributed by atoms with Crippen LogP contribution < -0.4 is 15.8 Å². The van der Waals surface area contributed by atoms with Gasteiger partial charge in [-0.3, -0.25) is 9.59 Å². The van der Waals surface area contributed by atoms with E-state index < -0.39 is 0 Å². The molecule has 1 fully saturated rings. The summed E-state index contributed by atoms with van der Waals surface area (Å²) in [6.07, 6.45) is 5.81. The van der Waals surface area contributed by atoms with Crippen molar-refractivity contribution >= 4 is 22.6 Å². The number of hydrogen-bond acceptors (Lipinski definition) is 5. The maximum absolute atomic E-state index is 13.8. The van der Waals surface area contributed by atoms with Gasteiger partial charge in [0, 0.05) is 84.4 Å². The van der Waals surface area contributed by atoms with Gasteiger partial charge < -0.3 is 24.7 Å². The van der Waals surface area contributed by atoms with Gasteiger partial charge in [-0.2, -0.15) is 0 Å². The van der Waals surface area contributed by atoms with Crippen LogP contribution in [0.15, 0.2) is 47.5 Å². The van der Waals surface area contributed by atoms with E-state index in [1.807, 2.05) is 32.2 Å². The third kappa shape index (κ3) is 5.93. The van der Waals surface area contributed by atoms with Gasteiger partial charge in [-0.1, -0.05) is 13.3 Å². The van der Waals surface area contributed by atoms with E-state index in [1.54, 1.807) is 0 Å². The van der Waals surface area contributed by atoms with E-state index in [-0.39, 0.29) is 24.1 Å². The summed E-state index contributed by atoms with van der Waals surface area (Å²) in [5.74, 6) is 0.785. The van der Waals surface area contributed by atoms with Crippen LogP contribution in [0, 0.1) is 13.8 Å². The second kappa shape index (κ2) is 11.9. The van der Waals surface area contributed by atoms with Crippen molar-refractivity contribution in [3.05, 3.63) is 81.0 Å². The van der Waals surface area contributed by atoms with Crippen LogP contribution in [-0.2, 0) is 13.0 Å². The number of fused-ring (bicyclic) bond motifs is 1. The zero-order valence-electron chi connectivity index (χ0n) is 25.2. The monoisotopic (exact) mass is 554 g/mol. The van der Waals surface area contributed by atoms with Gasteiger partial charge in [0.15, 0.2) is 0 Å². The van der Waals surface area contributed by atoms with Crippen molar-refractivity contribution in [3.63, 3.8) is 0 Å². The molecule has 0 unspecified atom stereocenters. The van der Waals surface area contributed by atoms with Gasteiger partial charge in [0.1, 0.15) is 5.82 Å². The van der Waals surface area contributed by atoms with E-state index in [0.29, 0.717) is 11.1 Å². The summed E-state index contributed by atoms with van der Waals surface area (Å²) in [5.41, 5.74) is 6.85. The van der Waals surface area contributed by atoms with Gasteiger partial charge in [-0.25, -0.2) is 4.98 Å². The van der Waals surface area contributed by atoms with E-state index in [1.165, 1.54) is 0 Å². The van der Waals surface area contributed by atoms with Crippen LogP contribution in [0.1, 0.15) is 66.0 Å². The smallest absolute Gasteiger partial charge is 0.253 e. The van der Waals surface area contributed by atoms with Crippen molar-refractivity contribution in [1.82, 2.24) is 24.8 Å². The zero-order chi connectivity index (χ0) is 29.3. The molecule has 0 spiro atoms. The Hall–Kier alpha value is -3.91. The average Bonchev–Trinajstić information content (AvgIpc) is 3.29. The van der Waals surface area contributed by atoms with Crippen molar-refractivity contribution in [2.75, 3.05) is 38.1 Å². The molecule has 216 valence electrons. The maximum Gasteiger partial charge on any atom is 0.253 e. The normalized spacial score (nSPS) is 14.3. The summed E-state index contributed by atoms with van der Waals surface area (Å²) < 4.78 is 2.22. The molecule has 41 heavy (non-hydrogen) atoms. The number of carbonyl (C=O) groups excluding carboxylic acids is 1. The predicted molar refractivity (Wildman–Crippen MR) is 167 cm³/mol. The number of benzene rings is 1. The summed E-state index contributed by atoms with van der Waals surface area (Å²) in [5, 5.41) is 3.98. The number of aromatic amines is 1. The lowest BCUT2D eigenvalue weighted by Gasteiger charge is -2.33. The number of amides is 1. The Kier molecular flexibility index (Phi) is 8.31. The second-order valence-corrected chi connectivity index (χ2v) is 11.6. The number of pyridine rings is 2.